The fourth-order valence-corrected chi connectivity index (χ4v) is 1.60. The first-order valence-electron chi connectivity index (χ1n) is 5.65. The molecule has 0 spiro atoms. The molecule has 1 heterocycles. The van der Waals surface area contributed by atoms with E-state index in [9.17, 15) is 0 Å². The lowest BCUT2D eigenvalue weighted by molar-refractivity contribution is 0.620. The summed E-state index contributed by atoms with van der Waals surface area (Å²) in [6.07, 6.45) is 2.01. The van der Waals surface area contributed by atoms with Gasteiger partial charge in [-0.25, -0.2) is 0 Å². The quantitative estimate of drug-likeness (QED) is 0.828. The van der Waals surface area contributed by atoms with Gasteiger partial charge in [-0.3, -0.25) is 4.68 Å². The van der Waals surface area contributed by atoms with E-state index >= 15 is 0 Å². The summed E-state index contributed by atoms with van der Waals surface area (Å²) >= 11 is 0. The summed E-state index contributed by atoms with van der Waals surface area (Å²) in [5.74, 6) is 0. The monoisotopic (exact) mass is 215 g/mol. The van der Waals surface area contributed by atoms with Crippen LogP contribution in [0, 0.1) is 0 Å². The lowest BCUT2D eigenvalue weighted by Gasteiger charge is -2.02. The van der Waals surface area contributed by atoms with E-state index in [0.717, 1.165) is 25.3 Å². The highest BCUT2D eigenvalue weighted by Gasteiger charge is 1.97. The van der Waals surface area contributed by atoms with Crippen molar-refractivity contribution in [2.75, 3.05) is 0 Å². The summed E-state index contributed by atoms with van der Waals surface area (Å²) in [5.41, 5.74) is 2.40. The van der Waals surface area contributed by atoms with Gasteiger partial charge < -0.3 is 5.32 Å². The van der Waals surface area contributed by atoms with Gasteiger partial charge in [0.25, 0.3) is 0 Å². The van der Waals surface area contributed by atoms with Crippen molar-refractivity contribution in [2.24, 2.45) is 0 Å². The fraction of sp³-hybridized carbons (Fsp3) is 0.308. The summed E-state index contributed by atoms with van der Waals surface area (Å²) in [6, 6.07) is 12.5. The SMILES string of the molecule is CCn1ccc(CNCc2ccccc2)n1. The zero-order chi connectivity index (χ0) is 11.2. The van der Waals surface area contributed by atoms with Crippen molar-refractivity contribution in [3.8, 4) is 0 Å². The van der Waals surface area contributed by atoms with E-state index in [0.29, 0.717) is 0 Å². The molecule has 3 nitrogen and oxygen atoms in total. The normalized spacial score (nSPS) is 10.6. The lowest BCUT2D eigenvalue weighted by Crippen LogP contribution is -2.13. The van der Waals surface area contributed by atoms with Gasteiger partial charge in [0.2, 0.25) is 0 Å². The van der Waals surface area contributed by atoms with Crippen molar-refractivity contribution in [3.05, 3.63) is 53.9 Å². The number of nitrogens with one attached hydrogen (secondary N) is 1. The Morgan fingerprint density at radius 3 is 2.62 bits per heavy atom. The number of aromatic nitrogens is 2. The Labute approximate surface area is 96.1 Å². The number of benzene rings is 1. The second-order valence-corrected chi connectivity index (χ2v) is 3.75. The van der Waals surface area contributed by atoms with Crippen LogP contribution in [0.5, 0.6) is 0 Å². The minimum Gasteiger partial charge on any atom is -0.307 e. The molecule has 2 aromatic rings. The Hall–Kier alpha value is -1.61. The third-order valence-electron chi connectivity index (χ3n) is 2.50. The first kappa shape index (κ1) is 10.9. The Bertz CT molecular complexity index is 420. The summed E-state index contributed by atoms with van der Waals surface area (Å²) in [5, 5.41) is 7.79. The fourth-order valence-electron chi connectivity index (χ4n) is 1.60. The maximum Gasteiger partial charge on any atom is 0.0762 e. The second-order valence-electron chi connectivity index (χ2n) is 3.75. The first-order chi connectivity index (χ1) is 7.88. The Kier molecular flexibility index (Phi) is 3.72. The van der Waals surface area contributed by atoms with Crippen LogP contribution in [-0.4, -0.2) is 9.78 Å². The summed E-state index contributed by atoms with van der Waals surface area (Å²) in [7, 11) is 0. The minimum atomic E-state index is 0.821. The van der Waals surface area contributed by atoms with Gasteiger partial charge in [0.05, 0.1) is 5.69 Å². The van der Waals surface area contributed by atoms with Gasteiger partial charge in [-0.2, -0.15) is 5.10 Å². The van der Waals surface area contributed by atoms with Crippen LogP contribution < -0.4 is 5.32 Å². The average molecular weight is 215 g/mol. The van der Waals surface area contributed by atoms with Gasteiger partial charge in [0, 0.05) is 25.8 Å². The summed E-state index contributed by atoms with van der Waals surface area (Å²) < 4.78 is 1.94. The third kappa shape index (κ3) is 2.94. The molecule has 3 heteroatoms. The van der Waals surface area contributed by atoms with Crippen molar-refractivity contribution in [2.45, 2.75) is 26.6 Å². The van der Waals surface area contributed by atoms with E-state index in [-0.39, 0.29) is 0 Å². The zero-order valence-electron chi connectivity index (χ0n) is 9.56. The van der Waals surface area contributed by atoms with Crippen molar-refractivity contribution >= 4 is 0 Å². The van der Waals surface area contributed by atoms with Crippen molar-refractivity contribution < 1.29 is 0 Å². The predicted molar refractivity (Wildman–Crippen MR) is 64.9 cm³/mol. The smallest absolute Gasteiger partial charge is 0.0762 e. The zero-order valence-corrected chi connectivity index (χ0v) is 9.56. The second kappa shape index (κ2) is 5.47. The van der Waals surface area contributed by atoms with Gasteiger partial charge in [0.1, 0.15) is 0 Å². The highest BCUT2D eigenvalue weighted by atomic mass is 15.3. The number of rotatable bonds is 5. The van der Waals surface area contributed by atoms with Gasteiger partial charge in [-0.05, 0) is 18.6 Å². The Morgan fingerprint density at radius 1 is 1.12 bits per heavy atom. The molecule has 1 aromatic carbocycles. The van der Waals surface area contributed by atoms with E-state index in [4.69, 9.17) is 0 Å². The molecule has 0 radical (unpaired) electrons. The van der Waals surface area contributed by atoms with Gasteiger partial charge >= 0.3 is 0 Å². The average Bonchev–Trinajstić information content (AvgIpc) is 2.78. The molecule has 0 saturated heterocycles. The van der Waals surface area contributed by atoms with E-state index in [1.807, 2.05) is 16.9 Å². The molecule has 1 N–H and O–H groups in total. The topological polar surface area (TPSA) is 29.9 Å². The first-order valence-corrected chi connectivity index (χ1v) is 5.65. The van der Waals surface area contributed by atoms with E-state index in [1.165, 1.54) is 5.56 Å². The highest BCUT2D eigenvalue weighted by Crippen LogP contribution is 1.99. The van der Waals surface area contributed by atoms with E-state index < -0.39 is 0 Å². The molecule has 0 unspecified atom stereocenters. The molecule has 0 bridgehead atoms. The Balaban J connectivity index is 1.80. The standard InChI is InChI=1S/C13H17N3/c1-2-16-9-8-13(15-16)11-14-10-12-6-4-3-5-7-12/h3-9,14H,2,10-11H2,1H3. The van der Waals surface area contributed by atoms with Crippen LogP contribution >= 0.6 is 0 Å². The van der Waals surface area contributed by atoms with E-state index in [2.05, 4.69) is 47.7 Å². The van der Waals surface area contributed by atoms with Crippen LogP contribution in [0.3, 0.4) is 0 Å². The molecule has 0 fully saturated rings. The molecule has 16 heavy (non-hydrogen) atoms. The van der Waals surface area contributed by atoms with Crippen LogP contribution in [0.2, 0.25) is 0 Å². The number of hydrogen-bond donors (Lipinski definition) is 1. The highest BCUT2D eigenvalue weighted by molar-refractivity contribution is 5.14. The maximum atomic E-state index is 4.41. The molecule has 0 atom stereocenters. The molecule has 0 aliphatic heterocycles. The van der Waals surface area contributed by atoms with Crippen LogP contribution in [0.25, 0.3) is 0 Å². The molecule has 0 aliphatic rings. The van der Waals surface area contributed by atoms with Gasteiger partial charge in [-0.1, -0.05) is 30.3 Å². The number of aryl methyl sites for hydroxylation is 1. The maximum absolute atomic E-state index is 4.41. The third-order valence-corrected chi connectivity index (χ3v) is 2.50. The number of nitrogens with zero attached hydrogens (tertiary/aromatic N) is 2. The lowest BCUT2D eigenvalue weighted by atomic mass is 10.2. The van der Waals surface area contributed by atoms with Crippen LogP contribution in [0.15, 0.2) is 42.6 Å². The van der Waals surface area contributed by atoms with Crippen LogP contribution in [-0.2, 0) is 19.6 Å². The summed E-state index contributed by atoms with van der Waals surface area (Å²) in [6.45, 7) is 4.73. The molecule has 1 aromatic heterocycles. The van der Waals surface area contributed by atoms with Crippen molar-refractivity contribution in [3.63, 3.8) is 0 Å². The molecular weight excluding hydrogens is 198 g/mol. The summed E-state index contributed by atoms with van der Waals surface area (Å²) in [4.78, 5) is 0. The largest absolute Gasteiger partial charge is 0.307 e. The number of hydrogen-bond acceptors (Lipinski definition) is 2. The minimum absolute atomic E-state index is 0.821. The molecule has 0 amide bonds. The van der Waals surface area contributed by atoms with Crippen LogP contribution in [0.4, 0.5) is 0 Å². The van der Waals surface area contributed by atoms with Gasteiger partial charge in [-0.15, -0.1) is 0 Å². The Morgan fingerprint density at radius 2 is 1.94 bits per heavy atom. The molecular formula is C13H17N3. The molecule has 2 rings (SSSR count). The van der Waals surface area contributed by atoms with E-state index in [1.54, 1.807) is 0 Å². The molecule has 84 valence electrons. The molecule has 0 aliphatic carbocycles. The molecule has 0 saturated carbocycles. The van der Waals surface area contributed by atoms with Crippen molar-refractivity contribution in [1.82, 2.24) is 15.1 Å². The van der Waals surface area contributed by atoms with Gasteiger partial charge in [0.15, 0.2) is 0 Å². The predicted octanol–water partition coefficient (Wildman–Crippen LogP) is 2.19. The van der Waals surface area contributed by atoms with Crippen LogP contribution in [0.1, 0.15) is 18.2 Å². The van der Waals surface area contributed by atoms with Crippen molar-refractivity contribution in [1.29, 1.82) is 0 Å².